The van der Waals surface area contributed by atoms with Gasteiger partial charge in [-0.15, -0.1) is 0 Å². The van der Waals surface area contributed by atoms with E-state index in [1.807, 2.05) is 12.1 Å². The maximum absolute atomic E-state index is 12.9. The Labute approximate surface area is 109 Å². The van der Waals surface area contributed by atoms with E-state index < -0.39 is 0 Å². The van der Waals surface area contributed by atoms with Gasteiger partial charge >= 0.3 is 0 Å². The molecule has 18 heavy (non-hydrogen) atoms. The zero-order valence-corrected chi connectivity index (χ0v) is 11.2. The number of likely N-dealkylation sites (N-methyl/N-ethyl adjacent to an activating group) is 1. The van der Waals surface area contributed by atoms with Crippen LogP contribution < -0.4 is 5.32 Å². The number of nitrogens with one attached hydrogen (secondary N) is 1. The molecule has 0 spiro atoms. The highest BCUT2D eigenvalue weighted by Crippen LogP contribution is 2.26. The highest BCUT2D eigenvalue weighted by atomic mass is 19.1. The van der Waals surface area contributed by atoms with E-state index in [0.717, 1.165) is 26.0 Å². The molecule has 0 saturated carbocycles. The molecule has 1 heterocycles. The first kappa shape index (κ1) is 13.5. The molecule has 2 rings (SSSR count). The first-order valence-electron chi connectivity index (χ1n) is 6.80. The largest absolute Gasteiger partial charge is 0.378 e. The van der Waals surface area contributed by atoms with E-state index in [0.29, 0.717) is 18.1 Å². The molecule has 1 N–H and O–H groups in total. The van der Waals surface area contributed by atoms with Crippen molar-refractivity contribution in [2.75, 3.05) is 13.2 Å². The third-order valence-corrected chi connectivity index (χ3v) is 3.79. The molecule has 1 aromatic carbocycles. The SMILES string of the molecule is CCNC(Cc1ccc(F)cc1)C1CCOC1C. The number of ether oxygens (including phenoxy) is 1. The van der Waals surface area contributed by atoms with Crippen LogP contribution in [0.5, 0.6) is 0 Å². The van der Waals surface area contributed by atoms with E-state index in [4.69, 9.17) is 4.74 Å². The van der Waals surface area contributed by atoms with E-state index in [2.05, 4.69) is 19.2 Å². The standard InChI is InChI=1S/C15H22FNO/c1-3-17-15(14-8-9-18-11(14)2)10-12-4-6-13(16)7-5-12/h4-7,11,14-15,17H,3,8-10H2,1-2H3. The first-order valence-corrected chi connectivity index (χ1v) is 6.80. The highest BCUT2D eigenvalue weighted by Gasteiger charge is 2.31. The lowest BCUT2D eigenvalue weighted by Gasteiger charge is -2.26. The summed E-state index contributed by atoms with van der Waals surface area (Å²) in [6.07, 6.45) is 2.36. The lowest BCUT2D eigenvalue weighted by Crippen LogP contribution is -2.40. The molecule has 1 aliphatic heterocycles. The molecule has 0 aliphatic carbocycles. The molecule has 0 bridgehead atoms. The maximum Gasteiger partial charge on any atom is 0.123 e. The Balaban J connectivity index is 2.03. The second-order valence-corrected chi connectivity index (χ2v) is 5.02. The molecule has 100 valence electrons. The van der Waals surface area contributed by atoms with Crippen molar-refractivity contribution >= 4 is 0 Å². The fourth-order valence-electron chi connectivity index (χ4n) is 2.79. The van der Waals surface area contributed by atoms with Crippen LogP contribution in [0.4, 0.5) is 4.39 Å². The summed E-state index contributed by atoms with van der Waals surface area (Å²) in [6.45, 7) is 6.08. The Morgan fingerprint density at radius 2 is 2.11 bits per heavy atom. The van der Waals surface area contributed by atoms with Gasteiger partial charge < -0.3 is 10.1 Å². The van der Waals surface area contributed by atoms with Crippen LogP contribution in [0.2, 0.25) is 0 Å². The normalized spacial score (nSPS) is 25.3. The third-order valence-electron chi connectivity index (χ3n) is 3.79. The van der Waals surface area contributed by atoms with Crippen LogP contribution in [0.3, 0.4) is 0 Å². The quantitative estimate of drug-likeness (QED) is 0.869. The predicted octanol–water partition coefficient (Wildman–Crippen LogP) is 2.77. The monoisotopic (exact) mass is 251 g/mol. The van der Waals surface area contributed by atoms with Crippen LogP contribution in [-0.2, 0) is 11.2 Å². The average molecular weight is 251 g/mol. The second kappa shape index (κ2) is 6.30. The van der Waals surface area contributed by atoms with Crippen molar-refractivity contribution < 1.29 is 9.13 Å². The summed E-state index contributed by atoms with van der Waals surface area (Å²) in [5.41, 5.74) is 1.18. The molecule has 3 unspecified atom stereocenters. The summed E-state index contributed by atoms with van der Waals surface area (Å²) in [5, 5.41) is 3.54. The number of halogens is 1. The van der Waals surface area contributed by atoms with Gasteiger partial charge in [0.2, 0.25) is 0 Å². The van der Waals surface area contributed by atoms with Crippen LogP contribution in [0.15, 0.2) is 24.3 Å². The number of hydrogen-bond acceptors (Lipinski definition) is 2. The minimum absolute atomic E-state index is 0.170. The molecule has 1 aromatic rings. The number of benzene rings is 1. The Morgan fingerprint density at radius 1 is 1.39 bits per heavy atom. The van der Waals surface area contributed by atoms with Crippen LogP contribution in [0, 0.1) is 11.7 Å². The Hall–Kier alpha value is -0.930. The molecule has 0 radical (unpaired) electrons. The van der Waals surface area contributed by atoms with Gasteiger partial charge in [-0.2, -0.15) is 0 Å². The summed E-state index contributed by atoms with van der Waals surface area (Å²) in [5.74, 6) is 0.381. The summed E-state index contributed by atoms with van der Waals surface area (Å²) < 4.78 is 18.5. The smallest absolute Gasteiger partial charge is 0.123 e. The molecule has 3 atom stereocenters. The Morgan fingerprint density at radius 3 is 2.67 bits per heavy atom. The van der Waals surface area contributed by atoms with E-state index in [1.165, 1.54) is 17.7 Å². The zero-order valence-electron chi connectivity index (χ0n) is 11.2. The van der Waals surface area contributed by atoms with E-state index in [1.54, 1.807) is 0 Å². The zero-order chi connectivity index (χ0) is 13.0. The van der Waals surface area contributed by atoms with Gasteiger partial charge in [-0.3, -0.25) is 0 Å². The highest BCUT2D eigenvalue weighted by molar-refractivity contribution is 5.17. The van der Waals surface area contributed by atoms with Crippen molar-refractivity contribution in [2.45, 2.75) is 38.8 Å². The van der Waals surface area contributed by atoms with Crippen molar-refractivity contribution in [1.29, 1.82) is 0 Å². The van der Waals surface area contributed by atoms with E-state index >= 15 is 0 Å². The van der Waals surface area contributed by atoms with E-state index in [9.17, 15) is 4.39 Å². The first-order chi connectivity index (χ1) is 8.70. The van der Waals surface area contributed by atoms with Crippen molar-refractivity contribution in [1.82, 2.24) is 5.32 Å². The summed E-state index contributed by atoms with van der Waals surface area (Å²) >= 11 is 0. The van der Waals surface area contributed by atoms with Gasteiger partial charge in [0, 0.05) is 18.6 Å². The third kappa shape index (κ3) is 3.30. The molecule has 1 fully saturated rings. The Bertz CT molecular complexity index is 365. The average Bonchev–Trinajstić information content (AvgIpc) is 2.78. The molecular formula is C15H22FNO. The Kier molecular flexibility index (Phi) is 4.72. The lowest BCUT2D eigenvalue weighted by molar-refractivity contribution is 0.0956. The van der Waals surface area contributed by atoms with Crippen LogP contribution in [0.1, 0.15) is 25.8 Å². The molecule has 0 amide bonds. The lowest BCUT2D eigenvalue weighted by atomic mass is 9.89. The van der Waals surface area contributed by atoms with Gasteiger partial charge in [0.15, 0.2) is 0 Å². The molecule has 2 nitrogen and oxygen atoms in total. The molecule has 0 aromatic heterocycles. The van der Waals surface area contributed by atoms with Crippen LogP contribution >= 0.6 is 0 Å². The van der Waals surface area contributed by atoms with Gasteiger partial charge in [0.05, 0.1) is 6.10 Å². The molecule has 1 saturated heterocycles. The topological polar surface area (TPSA) is 21.3 Å². The fourth-order valence-corrected chi connectivity index (χ4v) is 2.79. The minimum Gasteiger partial charge on any atom is -0.378 e. The van der Waals surface area contributed by atoms with Gasteiger partial charge in [-0.1, -0.05) is 19.1 Å². The van der Waals surface area contributed by atoms with Crippen LogP contribution in [0.25, 0.3) is 0 Å². The molecule has 3 heteroatoms. The van der Waals surface area contributed by atoms with Crippen molar-refractivity contribution in [3.8, 4) is 0 Å². The number of hydrogen-bond donors (Lipinski definition) is 1. The predicted molar refractivity (Wildman–Crippen MR) is 71.1 cm³/mol. The van der Waals surface area contributed by atoms with Crippen molar-refractivity contribution in [3.63, 3.8) is 0 Å². The fraction of sp³-hybridized carbons (Fsp3) is 0.600. The minimum atomic E-state index is -0.170. The van der Waals surface area contributed by atoms with Crippen molar-refractivity contribution in [3.05, 3.63) is 35.6 Å². The number of rotatable bonds is 5. The molecular weight excluding hydrogens is 229 g/mol. The maximum atomic E-state index is 12.9. The van der Waals surface area contributed by atoms with Gasteiger partial charge in [-0.25, -0.2) is 4.39 Å². The second-order valence-electron chi connectivity index (χ2n) is 5.02. The van der Waals surface area contributed by atoms with Crippen molar-refractivity contribution in [2.24, 2.45) is 5.92 Å². The van der Waals surface area contributed by atoms with E-state index in [-0.39, 0.29) is 5.82 Å². The summed E-state index contributed by atoms with van der Waals surface area (Å²) in [7, 11) is 0. The van der Waals surface area contributed by atoms with Gasteiger partial charge in [0.25, 0.3) is 0 Å². The molecule has 1 aliphatic rings. The summed E-state index contributed by atoms with van der Waals surface area (Å²) in [6, 6.07) is 7.23. The summed E-state index contributed by atoms with van der Waals surface area (Å²) in [4.78, 5) is 0. The van der Waals surface area contributed by atoms with Gasteiger partial charge in [0.1, 0.15) is 5.82 Å². The van der Waals surface area contributed by atoms with Crippen LogP contribution in [-0.4, -0.2) is 25.3 Å². The van der Waals surface area contributed by atoms with Gasteiger partial charge in [-0.05, 0) is 44.0 Å².